The summed E-state index contributed by atoms with van der Waals surface area (Å²) in [7, 11) is 2.15. The predicted octanol–water partition coefficient (Wildman–Crippen LogP) is -0.0384. The first-order valence-electron chi connectivity index (χ1n) is 8.52. The van der Waals surface area contributed by atoms with Gasteiger partial charge in [-0.2, -0.15) is 0 Å². The van der Waals surface area contributed by atoms with Gasteiger partial charge in [0, 0.05) is 58.3 Å². The molecule has 0 bridgehead atoms. The summed E-state index contributed by atoms with van der Waals surface area (Å²) in [5, 5.41) is 10.2. The summed E-state index contributed by atoms with van der Waals surface area (Å²) in [6, 6.07) is 0. The average Bonchev–Trinajstić information content (AvgIpc) is 3.11. The lowest BCUT2D eigenvalue weighted by atomic mass is 9.96. The van der Waals surface area contributed by atoms with Crippen molar-refractivity contribution in [3.63, 3.8) is 0 Å². The number of carbonyl (C=O) groups excluding carboxylic acids is 1. The minimum atomic E-state index is 0.000951. The van der Waals surface area contributed by atoms with E-state index in [4.69, 9.17) is 5.73 Å². The molecule has 7 nitrogen and oxygen atoms in total. The lowest BCUT2D eigenvalue weighted by Crippen LogP contribution is -2.47. The van der Waals surface area contributed by atoms with Crippen LogP contribution in [0.25, 0.3) is 0 Å². The molecule has 2 aliphatic rings. The molecule has 0 spiro atoms. The van der Waals surface area contributed by atoms with Crippen LogP contribution in [0.3, 0.4) is 0 Å². The van der Waals surface area contributed by atoms with E-state index < -0.39 is 0 Å². The maximum Gasteiger partial charge on any atom is 0.265 e. The van der Waals surface area contributed by atoms with Crippen molar-refractivity contribution in [2.75, 3.05) is 65.2 Å². The zero-order valence-electron chi connectivity index (χ0n) is 14.4. The van der Waals surface area contributed by atoms with E-state index in [2.05, 4.69) is 21.8 Å². The summed E-state index contributed by atoms with van der Waals surface area (Å²) in [6.07, 6.45) is 0. The van der Waals surface area contributed by atoms with Gasteiger partial charge in [-0.15, -0.1) is 0 Å². The monoisotopic (exact) mass is 353 g/mol. The van der Waals surface area contributed by atoms with Gasteiger partial charge in [0.15, 0.2) is 5.13 Å². The molecule has 8 heteroatoms. The van der Waals surface area contributed by atoms with Crippen molar-refractivity contribution in [1.82, 2.24) is 19.7 Å². The van der Waals surface area contributed by atoms with E-state index in [1.54, 1.807) is 0 Å². The number of nitrogens with zero attached hydrogens (tertiary/aromatic N) is 4. The van der Waals surface area contributed by atoms with E-state index in [1.165, 1.54) is 11.3 Å². The number of carbonyl (C=O) groups is 1. The van der Waals surface area contributed by atoms with E-state index in [-0.39, 0.29) is 18.4 Å². The Hall–Kier alpha value is -1.22. The minimum Gasteiger partial charge on any atom is -0.396 e. The number of anilines is 1. The van der Waals surface area contributed by atoms with E-state index in [0.717, 1.165) is 32.7 Å². The first kappa shape index (κ1) is 17.6. The molecule has 24 heavy (non-hydrogen) atoms. The van der Waals surface area contributed by atoms with Gasteiger partial charge in [-0.3, -0.25) is 4.79 Å². The number of aryl methyl sites for hydroxylation is 1. The fourth-order valence-corrected chi connectivity index (χ4v) is 4.44. The number of hydrogen-bond donors (Lipinski definition) is 2. The van der Waals surface area contributed by atoms with Crippen molar-refractivity contribution in [1.29, 1.82) is 0 Å². The Morgan fingerprint density at radius 3 is 2.54 bits per heavy atom. The van der Waals surface area contributed by atoms with Gasteiger partial charge in [0.2, 0.25) is 0 Å². The third-order valence-corrected chi connectivity index (χ3v) is 6.17. The van der Waals surface area contributed by atoms with Crippen molar-refractivity contribution in [2.45, 2.75) is 6.92 Å². The van der Waals surface area contributed by atoms with E-state index in [0.29, 0.717) is 34.7 Å². The van der Waals surface area contributed by atoms with Gasteiger partial charge in [-0.25, -0.2) is 4.98 Å². The second-order valence-corrected chi connectivity index (χ2v) is 8.01. The Labute approximate surface area is 147 Å². The van der Waals surface area contributed by atoms with E-state index in [1.807, 2.05) is 11.8 Å². The molecular formula is C16H27N5O2S. The lowest BCUT2D eigenvalue weighted by Gasteiger charge is -2.34. The second-order valence-electron chi connectivity index (χ2n) is 6.98. The highest BCUT2D eigenvalue weighted by Crippen LogP contribution is 2.28. The smallest absolute Gasteiger partial charge is 0.265 e. The number of amides is 1. The van der Waals surface area contributed by atoms with Crippen LogP contribution in [0.2, 0.25) is 0 Å². The zero-order valence-corrected chi connectivity index (χ0v) is 15.3. The summed E-state index contributed by atoms with van der Waals surface area (Å²) in [5.41, 5.74) is 6.42. The van der Waals surface area contributed by atoms with Crippen molar-refractivity contribution >= 4 is 22.4 Å². The molecule has 1 aromatic rings. The molecule has 0 aliphatic carbocycles. The van der Waals surface area contributed by atoms with Gasteiger partial charge in [0.05, 0.1) is 5.69 Å². The third-order valence-electron chi connectivity index (χ3n) is 5.19. The number of aliphatic hydroxyl groups is 1. The number of nitrogen functional groups attached to an aromatic ring is 1. The fraction of sp³-hybridized carbons (Fsp3) is 0.750. The van der Waals surface area contributed by atoms with Crippen LogP contribution in [0, 0.1) is 18.8 Å². The van der Waals surface area contributed by atoms with E-state index in [9.17, 15) is 9.90 Å². The molecule has 2 atom stereocenters. The molecule has 0 radical (unpaired) electrons. The Kier molecular flexibility index (Phi) is 5.39. The average molecular weight is 353 g/mol. The normalized spacial score (nSPS) is 26.2. The largest absolute Gasteiger partial charge is 0.396 e. The van der Waals surface area contributed by atoms with Gasteiger partial charge >= 0.3 is 0 Å². The van der Waals surface area contributed by atoms with Crippen LogP contribution >= 0.6 is 11.3 Å². The Morgan fingerprint density at radius 1 is 1.29 bits per heavy atom. The van der Waals surface area contributed by atoms with Crippen LogP contribution in [-0.4, -0.2) is 90.2 Å². The number of nitrogens with two attached hydrogens (primary N) is 1. The van der Waals surface area contributed by atoms with Gasteiger partial charge < -0.3 is 25.5 Å². The van der Waals surface area contributed by atoms with Crippen molar-refractivity contribution in [2.24, 2.45) is 11.8 Å². The highest BCUT2D eigenvalue weighted by molar-refractivity contribution is 7.17. The Morgan fingerprint density at radius 2 is 1.96 bits per heavy atom. The number of hydrogen-bond acceptors (Lipinski definition) is 7. The number of likely N-dealkylation sites (tertiary alicyclic amines) is 1. The Balaban J connectivity index is 1.63. The quantitative estimate of drug-likeness (QED) is 0.790. The third kappa shape index (κ3) is 3.72. The number of likely N-dealkylation sites (N-methyl/N-ethyl adjacent to an activating group) is 1. The number of aromatic nitrogens is 1. The lowest BCUT2D eigenvalue weighted by molar-refractivity contribution is 0.0781. The molecule has 1 amide bonds. The molecule has 0 saturated carbocycles. The van der Waals surface area contributed by atoms with Crippen LogP contribution in [-0.2, 0) is 0 Å². The molecule has 1 aromatic heterocycles. The van der Waals surface area contributed by atoms with Crippen LogP contribution in [0.5, 0.6) is 0 Å². The van der Waals surface area contributed by atoms with Crippen molar-refractivity contribution in [3.8, 4) is 0 Å². The molecule has 3 heterocycles. The van der Waals surface area contributed by atoms with Gasteiger partial charge in [0.25, 0.3) is 5.91 Å². The summed E-state index contributed by atoms with van der Waals surface area (Å²) in [4.78, 5) is 24.2. The molecule has 2 saturated heterocycles. The van der Waals surface area contributed by atoms with Gasteiger partial charge in [-0.1, -0.05) is 11.3 Å². The maximum atomic E-state index is 12.8. The number of thiazole rings is 1. The molecule has 2 aliphatic heterocycles. The van der Waals surface area contributed by atoms with Crippen molar-refractivity contribution < 1.29 is 9.90 Å². The standard InChI is InChI=1S/C16H27N5O2S/c1-11-14(24-16(17)18-11)15(23)21-8-12(13(9-21)10-22)7-20-5-3-19(2)4-6-20/h12-13,22H,3-10H2,1-2H3,(H2,17,18)/t12-,13-/m1/s1. The maximum absolute atomic E-state index is 12.8. The first-order chi connectivity index (χ1) is 11.5. The van der Waals surface area contributed by atoms with Crippen LogP contribution in [0.4, 0.5) is 5.13 Å². The summed E-state index contributed by atoms with van der Waals surface area (Å²) >= 11 is 1.25. The Bertz CT molecular complexity index is 585. The van der Waals surface area contributed by atoms with Gasteiger partial charge in [0.1, 0.15) is 4.88 Å². The number of piperazine rings is 1. The molecule has 0 unspecified atom stereocenters. The fourth-order valence-electron chi connectivity index (χ4n) is 3.64. The highest BCUT2D eigenvalue weighted by Gasteiger charge is 2.37. The highest BCUT2D eigenvalue weighted by atomic mass is 32.1. The molecule has 3 rings (SSSR count). The van der Waals surface area contributed by atoms with Crippen molar-refractivity contribution in [3.05, 3.63) is 10.6 Å². The van der Waals surface area contributed by atoms with Crippen LogP contribution in [0.1, 0.15) is 15.4 Å². The summed E-state index contributed by atoms with van der Waals surface area (Å²) < 4.78 is 0. The topological polar surface area (TPSA) is 85.9 Å². The minimum absolute atomic E-state index is 0.000951. The van der Waals surface area contributed by atoms with Crippen LogP contribution < -0.4 is 5.73 Å². The first-order valence-corrected chi connectivity index (χ1v) is 9.33. The number of aliphatic hydroxyl groups excluding tert-OH is 1. The molecule has 3 N–H and O–H groups in total. The summed E-state index contributed by atoms with van der Waals surface area (Å²) in [6.45, 7) is 8.50. The molecular weight excluding hydrogens is 326 g/mol. The van der Waals surface area contributed by atoms with Crippen LogP contribution in [0.15, 0.2) is 0 Å². The molecule has 2 fully saturated rings. The molecule has 0 aromatic carbocycles. The second kappa shape index (κ2) is 7.35. The number of rotatable bonds is 4. The van der Waals surface area contributed by atoms with E-state index >= 15 is 0 Å². The molecule has 134 valence electrons. The van der Waals surface area contributed by atoms with Gasteiger partial charge in [-0.05, 0) is 19.9 Å². The predicted molar refractivity (Wildman–Crippen MR) is 95.2 cm³/mol. The summed E-state index contributed by atoms with van der Waals surface area (Å²) in [5.74, 6) is 0.480. The zero-order chi connectivity index (χ0) is 17.3. The SMILES string of the molecule is Cc1nc(N)sc1C(=O)N1C[C@@H](CN2CCN(C)CC2)[C@@H](CO)C1.